The van der Waals surface area contributed by atoms with Crippen molar-refractivity contribution in [2.24, 2.45) is 0 Å². The Balaban J connectivity index is 2.66. The predicted octanol–water partition coefficient (Wildman–Crippen LogP) is 3.06. The summed E-state index contributed by atoms with van der Waals surface area (Å²) in [4.78, 5) is 10.5. The molecule has 1 aromatic carbocycles. The Morgan fingerprint density at radius 3 is 2.85 bits per heavy atom. The van der Waals surface area contributed by atoms with Gasteiger partial charge in [-0.05, 0) is 35.9 Å². The first-order chi connectivity index (χ1) is 9.67. The number of carboxylic acid groups (broad SMARTS) is 1. The molecule has 5 heteroatoms. The van der Waals surface area contributed by atoms with Crippen LogP contribution in [0.2, 0.25) is 0 Å². The van der Waals surface area contributed by atoms with E-state index in [9.17, 15) is 4.79 Å². The van der Waals surface area contributed by atoms with E-state index in [1.54, 1.807) is 20.3 Å². The van der Waals surface area contributed by atoms with Crippen molar-refractivity contribution in [1.82, 2.24) is 0 Å². The molecular formula is C15H20O4S. The second-order valence-corrected chi connectivity index (χ2v) is 5.25. The van der Waals surface area contributed by atoms with Crippen molar-refractivity contribution >= 4 is 23.8 Å². The summed E-state index contributed by atoms with van der Waals surface area (Å²) in [5.41, 5.74) is 1.93. The van der Waals surface area contributed by atoms with Crippen molar-refractivity contribution < 1.29 is 19.4 Å². The maximum atomic E-state index is 10.5. The Morgan fingerprint density at radius 1 is 1.40 bits per heavy atom. The van der Waals surface area contributed by atoms with Gasteiger partial charge in [0.25, 0.3) is 0 Å². The minimum Gasteiger partial charge on any atom is -0.496 e. The van der Waals surface area contributed by atoms with E-state index in [2.05, 4.69) is 0 Å². The van der Waals surface area contributed by atoms with E-state index in [1.807, 2.05) is 30.0 Å². The Hall–Kier alpha value is -1.46. The van der Waals surface area contributed by atoms with Crippen LogP contribution in [0.4, 0.5) is 0 Å². The molecule has 110 valence electrons. The third-order valence-corrected chi connectivity index (χ3v) is 3.71. The molecular weight excluding hydrogens is 276 g/mol. The van der Waals surface area contributed by atoms with Gasteiger partial charge in [0, 0.05) is 31.1 Å². The smallest absolute Gasteiger partial charge is 0.328 e. The molecule has 0 aliphatic rings. The van der Waals surface area contributed by atoms with Gasteiger partial charge in [-0.1, -0.05) is 6.07 Å². The quantitative estimate of drug-likeness (QED) is 0.560. The maximum Gasteiger partial charge on any atom is 0.328 e. The van der Waals surface area contributed by atoms with Gasteiger partial charge >= 0.3 is 5.97 Å². The predicted molar refractivity (Wildman–Crippen MR) is 82.3 cm³/mol. The number of benzene rings is 1. The summed E-state index contributed by atoms with van der Waals surface area (Å²) in [7, 11) is 3.34. The third kappa shape index (κ3) is 6.12. The number of aliphatic carboxylic acids is 1. The Kier molecular flexibility index (Phi) is 7.84. The standard InChI is InChI=1S/C15H20O4S/c1-18-8-3-9-20-11-13-10-12(5-7-15(16)17)4-6-14(13)19-2/h4-7,10H,3,8-9,11H2,1-2H3,(H,16,17). The van der Waals surface area contributed by atoms with E-state index < -0.39 is 5.97 Å². The number of carbonyl (C=O) groups is 1. The van der Waals surface area contributed by atoms with E-state index in [1.165, 1.54) is 0 Å². The van der Waals surface area contributed by atoms with Crippen LogP contribution in [-0.4, -0.2) is 37.7 Å². The molecule has 0 amide bonds. The second-order valence-electron chi connectivity index (χ2n) is 4.14. The highest BCUT2D eigenvalue weighted by Gasteiger charge is 2.04. The number of ether oxygens (including phenoxy) is 2. The molecule has 0 bridgehead atoms. The zero-order chi connectivity index (χ0) is 14.8. The molecule has 0 saturated heterocycles. The third-order valence-electron chi connectivity index (χ3n) is 2.62. The van der Waals surface area contributed by atoms with Crippen LogP contribution >= 0.6 is 11.8 Å². The lowest BCUT2D eigenvalue weighted by Crippen LogP contribution is -1.94. The molecule has 0 heterocycles. The molecule has 0 unspecified atom stereocenters. The van der Waals surface area contributed by atoms with Crippen molar-refractivity contribution in [3.05, 3.63) is 35.4 Å². The number of carboxylic acids is 1. The SMILES string of the molecule is COCCCSCc1cc(C=CC(=O)O)ccc1OC. The van der Waals surface area contributed by atoms with Crippen molar-refractivity contribution in [3.8, 4) is 5.75 Å². The van der Waals surface area contributed by atoms with Crippen LogP contribution in [0.3, 0.4) is 0 Å². The fourth-order valence-corrected chi connectivity index (χ4v) is 2.58. The summed E-state index contributed by atoms with van der Waals surface area (Å²) < 4.78 is 10.3. The van der Waals surface area contributed by atoms with E-state index in [0.29, 0.717) is 0 Å². The molecule has 0 saturated carbocycles. The molecule has 1 aromatic rings. The van der Waals surface area contributed by atoms with Crippen LogP contribution in [0.1, 0.15) is 17.5 Å². The van der Waals surface area contributed by atoms with Gasteiger partial charge in [-0.2, -0.15) is 11.8 Å². The lowest BCUT2D eigenvalue weighted by molar-refractivity contribution is -0.131. The van der Waals surface area contributed by atoms with E-state index >= 15 is 0 Å². The minimum absolute atomic E-state index is 0.769. The highest BCUT2D eigenvalue weighted by molar-refractivity contribution is 7.98. The average molecular weight is 296 g/mol. The lowest BCUT2D eigenvalue weighted by atomic mass is 10.1. The summed E-state index contributed by atoms with van der Waals surface area (Å²) in [5, 5.41) is 8.64. The molecule has 0 spiro atoms. The maximum absolute atomic E-state index is 10.5. The van der Waals surface area contributed by atoms with Gasteiger partial charge < -0.3 is 14.6 Å². The van der Waals surface area contributed by atoms with Crippen LogP contribution in [0.25, 0.3) is 6.08 Å². The van der Waals surface area contributed by atoms with Gasteiger partial charge in [-0.15, -0.1) is 0 Å². The summed E-state index contributed by atoms with van der Waals surface area (Å²) in [6, 6.07) is 5.67. The first kappa shape index (κ1) is 16.6. The van der Waals surface area contributed by atoms with Gasteiger partial charge in [-0.25, -0.2) is 4.79 Å². The first-order valence-corrected chi connectivity index (χ1v) is 7.47. The van der Waals surface area contributed by atoms with Gasteiger partial charge in [0.2, 0.25) is 0 Å². The molecule has 0 atom stereocenters. The van der Waals surface area contributed by atoms with E-state index in [-0.39, 0.29) is 0 Å². The van der Waals surface area contributed by atoms with E-state index in [4.69, 9.17) is 14.6 Å². The monoisotopic (exact) mass is 296 g/mol. The number of methoxy groups -OCH3 is 2. The number of thioether (sulfide) groups is 1. The Labute approximate surface area is 123 Å². The van der Waals surface area contributed by atoms with Crippen LogP contribution < -0.4 is 4.74 Å². The zero-order valence-electron chi connectivity index (χ0n) is 11.8. The van der Waals surface area contributed by atoms with Crippen LogP contribution in [0.5, 0.6) is 5.75 Å². The first-order valence-electron chi connectivity index (χ1n) is 6.32. The summed E-state index contributed by atoms with van der Waals surface area (Å²) in [6.07, 6.45) is 3.74. The second kappa shape index (κ2) is 9.44. The van der Waals surface area contributed by atoms with Crippen LogP contribution in [-0.2, 0) is 15.3 Å². The number of hydrogen-bond donors (Lipinski definition) is 1. The largest absolute Gasteiger partial charge is 0.496 e. The summed E-state index contributed by atoms with van der Waals surface area (Å²) >= 11 is 1.81. The highest BCUT2D eigenvalue weighted by atomic mass is 32.2. The van der Waals surface area contributed by atoms with Gasteiger partial charge in [0.1, 0.15) is 5.75 Å². The molecule has 1 rings (SSSR count). The molecule has 20 heavy (non-hydrogen) atoms. The Bertz CT molecular complexity index is 457. The van der Waals surface area contributed by atoms with Crippen molar-refractivity contribution in [2.75, 3.05) is 26.6 Å². The minimum atomic E-state index is -0.948. The Morgan fingerprint density at radius 2 is 2.20 bits per heavy atom. The van der Waals surface area contributed by atoms with Crippen molar-refractivity contribution in [3.63, 3.8) is 0 Å². The molecule has 0 aliphatic heterocycles. The van der Waals surface area contributed by atoms with Gasteiger partial charge in [-0.3, -0.25) is 0 Å². The molecule has 0 aliphatic carbocycles. The van der Waals surface area contributed by atoms with Gasteiger partial charge in [0.15, 0.2) is 0 Å². The molecule has 0 radical (unpaired) electrons. The fraction of sp³-hybridized carbons (Fsp3) is 0.400. The van der Waals surface area contributed by atoms with Crippen molar-refractivity contribution in [1.29, 1.82) is 0 Å². The van der Waals surface area contributed by atoms with Crippen LogP contribution in [0, 0.1) is 0 Å². The van der Waals surface area contributed by atoms with Crippen molar-refractivity contribution in [2.45, 2.75) is 12.2 Å². The van der Waals surface area contributed by atoms with E-state index in [0.717, 1.165) is 47.5 Å². The molecule has 0 fully saturated rings. The highest BCUT2D eigenvalue weighted by Crippen LogP contribution is 2.25. The van der Waals surface area contributed by atoms with Crippen LogP contribution in [0.15, 0.2) is 24.3 Å². The molecule has 0 aromatic heterocycles. The topological polar surface area (TPSA) is 55.8 Å². The lowest BCUT2D eigenvalue weighted by Gasteiger charge is -2.09. The molecule has 4 nitrogen and oxygen atoms in total. The fourth-order valence-electron chi connectivity index (χ4n) is 1.67. The number of hydrogen-bond acceptors (Lipinski definition) is 4. The summed E-state index contributed by atoms with van der Waals surface area (Å²) in [5.74, 6) is 1.74. The molecule has 1 N–H and O–H groups in total. The van der Waals surface area contributed by atoms with Gasteiger partial charge in [0.05, 0.1) is 7.11 Å². The number of rotatable bonds is 9. The average Bonchev–Trinajstić information content (AvgIpc) is 2.45. The normalized spacial score (nSPS) is 10.9. The zero-order valence-corrected chi connectivity index (χ0v) is 12.6. The summed E-state index contributed by atoms with van der Waals surface area (Å²) in [6.45, 7) is 0.769.